The van der Waals surface area contributed by atoms with E-state index in [0.717, 1.165) is 12.0 Å². The van der Waals surface area contributed by atoms with Crippen LogP contribution in [0.1, 0.15) is 22.8 Å². The van der Waals surface area contributed by atoms with Gasteiger partial charge in [-0.3, -0.25) is 4.79 Å². The molecular formula is C14H12O. The van der Waals surface area contributed by atoms with Crippen LogP contribution in [-0.2, 0) is 6.42 Å². The lowest BCUT2D eigenvalue weighted by molar-refractivity contribution is 0.0946. The van der Waals surface area contributed by atoms with Crippen molar-refractivity contribution < 1.29 is 4.79 Å². The van der Waals surface area contributed by atoms with Crippen LogP contribution in [0.4, 0.5) is 0 Å². The number of rotatable bonds is 0. The summed E-state index contributed by atoms with van der Waals surface area (Å²) in [6.07, 6.45) is 0.898. The number of carbonyl (C=O) groups is 1. The summed E-state index contributed by atoms with van der Waals surface area (Å²) in [5.41, 5.74) is 2.17. The third-order valence-corrected chi connectivity index (χ3v) is 3.26. The molecule has 1 atom stereocenters. The Hall–Kier alpha value is -1.63. The first-order chi connectivity index (χ1) is 7.27. The number of carbonyl (C=O) groups excluding carboxylic acids is 1. The van der Waals surface area contributed by atoms with E-state index in [1.807, 2.05) is 31.2 Å². The van der Waals surface area contributed by atoms with E-state index in [4.69, 9.17) is 0 Å². The van der Waals surface area contributed by atoms with Crippen molar-refractivity contribution in [2.24, 2.45) is 5.92 Å². The summed E-state index contributed by atoms with van der Waals surface area (Å²) >= 11 is 0. The summed E-state index contributed by atoms with van der Waals surface area (Å²) in [4.78, 5) is 11.8. The molecule has 0 radical (unpaired) electrons. The van der Waals surface area contributed by atoms with E-state index in [0.29, 0.717) is 5.78 Å². The minimum atomic E-state index is 0.158. The molecule has 0 saturated heterocycles. The van der Waals surface area contributed by atoms with Crippen LogP contribution >= 0.6 is 0 Å². The van der Waals surface area contributed by atoms with E-state index in [1.165, 1.54) is 16.3 Å². The van der Waals surface area contributed by atoms with Crippen LogP contribution in [0.15, 0.2) is 36.4 Å². The zero-order valence-corrected chi connectivity index (χ0v) is 8.66. The molecule has 0 fully saturated rings. The van der Waals surface area contributed by atoms with Crippen molar-refractivity contribution in [1.82, 2.24) is 0 Å². The van der Waals surface area contributed by atoms with Gasteiger partial charge in [0.15, 0.2) is 5.78 Å². The topological polar surface area (TPSA) is 17.1 Å². The highest BCUT2D eigenvalue weighted by atomic mass is 16.1. The van der Waals surface area contributed by atoms with Crippen molar-refractivity contribution in [2.45, 2.75) is 13.3 Å². The smallest absolute Gasteiger partial charge is 0.166 e. The van der Waals surface area contributed by atoms with Crippen LogP contribution in [-0.4, -0.2) is 5.78 Å². The molecule has 74 valence electrons. The Morgan fingerprint density at radius 1 is 1.13 bits per heavy atom. The molecule has 0 aromatic heterocycles. The molecule has 1 aliphatic carbocycles. The van der Waals surface area contributed by atoms with Gasteiger partial charge in [-0.05, 0) is 22.8 Å². The number of benzene rings is 2. The van der Waals surface area contributed by atoms with E-state index >= 15 is 0 Å². The van der Waals surface area contributed by atoms with Gasteiger partial charge < -0.3 is 0 Å². The Morgan fingerprint density at radius 3 is 2.80 bits per heavy atom. The first-order valence-electron chi connectivity index (χ1n) is 5.32. The molecule has 0 saturated carbocycles. The van der Waals surface area contributed by atoms with Gasteiger partial charge in [-0.1, -0.05) is 43.3 Å². The fourth-order valence-corrected chi connectivity index (χ4v) is 2.45. The predicted molar refractivity (Wildman–Crippen MR) is 61.1 cm³/mol. The summed E-state index contributed by atoms with van der Waals surface area (Å²) in [5, 5.41) is 2.48. The number of fused-ring (bicyclic) bond motifs is 3. The molecule has 2 aromatic carbocycles. The quantitative estimate of drug-likeness (QED) is 0.632. The zero-order valence-electron chi connectivity index (χ0n) is 8.66. The van der Waals surface area contributed by atoms with Crippen LogP contribution in [0.25, 0.3) is 10.8 Å². The lowest BCUT2D eigenvalue weighted by Crippen LogP contribution is -2.02. The molecular weight excluding hydrogens is 184 g/mol. The van der Waals surface area contributed by atoms with E-state index in [9.17, 15) is 4.79 Å². The normalized spacial score (nSPS) is 19.5. The highest BCUT2D eigenvalue weighted by molar-refractivity contribution is 6.07. The van der Waals surface area contributed by atoms with Crippen LogP contribution < -0.4 is 0 Å². The van der Waals surface area contributed by atoms with Crippen molar-refractivity contribution >= 4 is 16.6 Å². The Balaban J connectivity index is 2.38. The second kappa shape index (κ2) is 2.93. The lowest BCUT2D eigenvalue weighted by atomic mass is 10.0. The first kappa shape index (κ1) is 8.66. The van der Waals surface area contributed by atoms with E-state index in [2.05, 4.69) is 12.1 Å². The molecule has 0 spiro atoms. The Kier molecular flexibility index (Phi) is 1.69. The molecule has 0 N–H and O–H groups in total. The van der Waals surface area contributed by atoms with Gasteiger partial charge in [0.25, 0.3) is 0 Å². The molecule has 3 rings (SSSR count). The summed E-state index contributed by atoms with van der Waals surface area (Å²) in [7, 11) is 0. The van der Waals surface area contributed by atoms with Crippen LogP contribution in [0, 0.1) is 5.92 Å². The van der Waals surface area contributed by atoms with E-state index in [1.54, 1.807) is 0 Å². The molecule has 1 nitrogen and oxygen atoms in total. The molecule has 0 amide bonds. The van der Waals surface area contributed by atoms with Gasteiger partial charge in [0.2, 0.25) is 0 Å². The summed E-state index contributed by atoms with van der Waals surface area (Å²) in [6.45, 7) is 2.01. The highest BCUT2D eigenvalue weighted by Gasteiger charge is 2.27. The van der Waals surface area contributed by atoms with Gasteiger partial charge in [-0.2, -0.15) is 0 Å². The zero-order chi connectivity index (χ0) is 10.4. The predicted octanol–water partition coefficient (Wildman–Crippen LogP) is 3.21. The highest BCUT2D eigenvalue weighted by Crippen LogP contribution is 2.32. The maximum atomic E-state index is 11.8. The van der Waals surface area contributed by atoms with Crippen molar-refractivity contribution in [3.63, 3.8) is 0 Å². The lowest BCUT2D eigenvalue weighted by Gasteiger charge is -2.03. The van der Waals surface area contributed by atoms with E-state index in [-0.39, 0.29) is 5.92 Å². The average Bonchev–Trinajstić information content (AvgIpc) is 2.56. The number of Topliss-reactive ketones (excluding diaryl/α,β-unsaturated/α-hetero) is 1. The number of hydrogen-bond donors (Lipinski definition) is 0. The Labute approximate surface area is 88.7 Å². The van der Waals surface area contributed by atoms with Crippen molar-refractivity contribution in [1.29, 1.82) is 0 Å². The maximum absolute atomic E-state index is 11.8. The average molecular weight is 196 g/mol. The summed E-state index contributed by atoms with van der Waals surface area (Å²) < 4.78 is 0. The molecule has 0 bridgehead atoms. The summed E-state index contributed by atoms with van der Waals surface area (Å²) in [6, 6.07) is 12.3. The number of ketones is 1. The van der Waals surface area contributed by atoms with Crippen molar-refractivity contribution in [2.75, 3.05) is 0 Å². The van der Waals surface area contributed by atoms with Crippen LogP contribution in [0.3, 0.4) is 0 Å². The largest absolute Gasteiger partial charge is 0.294 e. The van der Waals surface area contributed by atoms with Gasteiger partial charge in [0.1, 0.15) is 0 Å². The van der Waals surface area contributed by atoms with Gasteiger partial charge in [0.05, 0.1) is 0 Å². The van der Waals surface area contributed by atoms with Gasteiger partial charge in [0, 0.05) is 11.5 Å². The molecule has 2 aromatic rings. The standard InChI is InChI=1S/C14H12O/c1-9-8-13-11-5-3-2-4-10(11)6-7-12(13)14(9)15/h2-7,9H,8H2,1H3/t9-/m1/s1. The second-order valence-corrected chi connectivity index (χ2v) is 4.28. The second-order valence-electron chi connectivity index (χ2n) is 4.28. The van der Waals surface area contributed by atoms with Crippen LogP contribution in [0.5, 0.6) is 0 Å². The molecule has 1 heteroatoms. The van der Waals surface area contributed by atoms with Gasteiger partial charge >= 0.3 is 0 Å². The van der Waals surface area contributed by atoms with Gasteiger partial charge in [-0.15, -0.1) is 0 Å². The van der Waals surface area contributed by atoms with Crippen molar-refractivity contribution in [3.05, 3.63) is 47.5 Å². The first-order valence-corrected chi connectivity index (χ1v) is 5.32. The fraction of sp³-hybridized carbons (Fsp3) is 0.214. The Bertz CT molecular complexity index is 554. The number of hydrogen-bond acceptors (Lipinski definition) is 1. The minimum Gasteiger partial charge on any atom is -0.294 e. The molecule has 1 aliphatic rings. The maximum Gasteiger partial charge on any atom is 0.166 e. The SMILES string of the molecule is C[C@@H]1Cc2c(ccc3ccccc23)C1=O. The molecule has 0 aliphatic heterocycles. The monoisotopic (exact) mass is 196 g/mol. The van der Waals surface area contributed by atoms with Crippen LogP contribution in [0.2, 0.25) is 0 Å². The molecule has 0 heterocycles. The fourth-order valence-electron chi connectivity index (χ4n) is 2.45. The third-order valence-electron chi connectivity index (χ3n) is 3.26. The Morgan fingerprint density at radius 2 is 1.93 bits per heavy atom. The molecule has 15 heavy (non-hydrogen) atoms. The van der Waals surface area contributed by atoms with Crippen molar-refractivity contribution in [3.8, 4) is 0 Å². The minimum absolute atomic E-state index is 0.158. The van der Waals surface area contributed by atoms with Gasteiger partial charge in [-0.25, -0.2) is 0 Å². The van der Waals surface area contributed by atoms with E-state index < -0.39 is 0 Å². The molecule has 0 unspecified atom stereocenters. The summed E-state index contributed by atoms with van der Waals surface area (Å²) in [5.74, 6) is 0.460. The third kappa shape index (κ3) is 1.13.